The molecule has 2 N–H and O–H groups in total. The minimum atomic E-state index is -0.985. The number of aromatic nitrogens is 1. The van der Waals surface area contributed by atoms with E-state index in [2.05, 4.69) is 26.2 Å². The third-order valence-electron chi connectivity index (χ3n) is 2.68. The monoisotopic (exact) mass is 352 g/mol. The van der Waals surface area contributed by atoms with Gasteiger partial charge in [0.1, 0.15) is 5.52 Å². The molecular formula is C13H9BrN2O3S. The van der Waals surface area contributed by atoms with E-state index in [1.807, 2.05) is 12.1 Å². The maximum absolute atomic E-state index is 10.9. The number of aromatic carboxylic acids is 1. The summed E-state index contributed by atoms with van der Waals surface area (Å²) in [5.74, 6) is -0.985. The predicted molar refractivity (Wildman–Crippen MR) is 80.3 cm³/mol. The van der Waals surface area contributed by atoms with Gasteiger partial charge in [0.2, 0.25) is 0 Å². The van der Waals surface area contributed by atoms with E-state index >= 15 is 0 Å². The van der Waals surface area contributed by atoms with E-state index < -0.39 is 5.97 Å². The number of anilines is 1. The molecule has 102 valence electrons. The van der Waals surface area contributed by atoms with Crippen LogP contribution in [0.2, 0.25) is 0 Å². The molecule has 0 aliphatic rings. The first kappa shape index (κ1) is 13.1. The van der Waals surface area contributed by atoms with Crippen molar-refractivity contribution in [2.45, 2.75) is 6.54 Å². The number of nitrogens with zero attached hydrogens (tertiary/aromatic N) is 1. The Morgan fingerprint density at radius 1 is 1.40 bits per heavy atom. The number of carboxylic acid groups (broad SMARTS) is 1. The summed E-state index contributed by atoms with van der Waals surface area (Å²) in [5, 5.41) is 12.0. The third kappa shape index (κ3) is 2.68. The first-order chi connectivity index (χ1) is 9.61. The molecule has 0 spiro atoms. The highest BCUT2D eigenvalue weighted by Crippen LogP contribution is 2.24. The topological polar surface area (TPSA) is 75.4 Å². The van der Waals surface area contributed by atoms with E-state index in [0.717, 1.165) is 8.66 Å². The van der Waals surface area contributed by atoms with Crippen LogP contribution in [0.5, 0.6) is 0 Å². The van der Waals surface area contributed by atoms with E-state index in [1.54, 1.807) is 17.4 Å². The normalized spacial score (nSPS) is 10.8. The number of nitrogens with one attached hydrogen (secondary N) is 1. The Hall–Kier alpha value is -1.86. The van der Waals surface area contributed by atoms with E-state index in [9.17, 15) is 4.79 Å². The molecule has 0 bridgehead atoms. The van der Waals surface area contributed by atoms with E-state index in [0.29, 0.717) is 23.7 Å². The molecule has 20 heavy (non-hydrogen) atoms. The van der Waals surface area contributed by atoms with Crippen molar-refractivity contribution in [2.24, 2.45) is 0 Å². The van der Waals surface area contributed by atoms with Gasteiger partial charge in [-0.1, -0.05) is 0 Å². The molecule has 5 nitrogen and oxygen atoms in total. The number of thiophene rings is 1. The van der Waals surface area contributed by atoms with Crippen LogP contribution in [0.25, 0.3) is 11.1 Å². The lowest BCUT2D eigenvalue weighted by Gasteiger charge is -1.97. The number of oxazole rings is 1. The highest BCUT2D eigenvalue weighted by molar-refractivity contribution is 9.11. The highest BCUT2D eigenvalue weighted by Gasteiger charge is 2.09. The van der Waals surface area contributed by atoms with Crippen LogP contribution in [0.3, 0.4) is 0 Å². The number of fused-ring (bicyclic) bond motifs is 1. The summed E-state index contributed by atoms with van der Waals surface area (Å²) in [7, 11) is 0. The minimum absolute atomic E-state index is 0.183. The van der Waals surface area contributed by atoms with Crippen LogP contribution >= 0.6 is 27.3 Å². The molecule has 1 aromatic carbocycles. The zero-order chi connectivity index (χ0) is 14.1. The molecule has 0 atom stereocenters. The predicted octanol–water partition coefficient (Wildman–Crippen LogP) is 3.96. The minimum Gasteiger partial charge on any atom is -0.478 e. The lowest BCUT2D eigenvalue weighted by atomic mass is 10.2. The van der Waals surface area contributed by atoms with Gasteiger partial charge in [0, 0.05) is 4.88 Å². The van der Waals surface area contributed by atoms with Gasteiger partial charge in [0.05, 0.1) is 15.9 Å². The molecule has 0 saturated carbocycles. The Bertz CT molecular complexity index is 781. The molecule has 3 aromatic rings. The van der Waals surface area contributed by atoms with Crippen molar-refractivity contribution < 1.29 is 14.3 Å². The summed E-state index contributed by atoms with van der Waals surface area (Å²) in [4.78, 5) is 16.3. The molecular weight excluding hydrogens is 344 g/mol. The first-order valence-electron chi connectivity index (χ1n) is 5.74. The van der Waals surface area contributed by atoms with Gasteiger partial charge in [0.25, 0.3) is 6.01 Å². The smallest absolute Gasteiger partial charge is 0.335 e. The number of hydrogen-bond donors (Lipinski definition) is 2. The third-order valence-corrected chi connectivity index (χ3v) is 4.30. The molecule has 0 aliphatic heterocycles. The van der Waals surface area contributed by atoms with E-state index in [4.69, 9.17) is 9.52 Å². The largest absolute Gasteiger partial charge is 0.478 e. The van der Waals surface area contributed by atoms with Gasteiger partial charge >= 0.3 is 5.97 Å². The van der Waals surface area contributed by atoms with Crippen LogP contribution in [0, 0.1) is 0 Å². The van der Waals surface area contributed by atoms with Crippen molar-refractivity contribution in [2.75, 3.05) is 5.32 Å². The van der Waals surface area contributed by atoms with Gasteiger partial charge in [-0.25, -0.2) is 4.79 Å². The van der Waals surface area contributed by atoms with E-state index in [-0.39, 0.29) is 5.56 Å². The van der Waals surface area contributed by atoms with Crippen LogP contribution in [-0.2, 0) is 6.54 Å². The fourth-order valence-electron chi connectivity index (χ4n) is 1.74. The number of rotatable bonds is 4. The summed E-state index contributed by atoms with van der Waals surface area (Å²) in [6.45, 7) is 0.606. The van der Waals surface area contributed by atoms with Crippen molar-refractivity contribution >= 4 is 50.4 Å². The average Bonchev–Trinajstić information content (AvgIpc) is 3.00. The Balaban J connectivity index is 1.80. The van der Waals surface area contributed by atoms with Crippen molar-refractivity contribution in [1.29, 1.82) is 0 Å². The Labute approximate surface area is 126 Å². The van der Waals surface area contributed by atoms with Crippen LogP contribution < -0.4 is 5.32 Å². The molecule has 3 rings (SSSR count). The van der Waals surface area contributed by atoms with Crippen molar-refractivity contribution in [3.05, 3.63) is 44.6 Å². The maximum atomic E-state index is 10.9. The molecule has 0 radical (unpaired) electrons. The second-order valence-corrected chi connectivity index (χ2v) is 6.61. The van der Waals surface area contributed by atoms with Crippen molar-refractivity contribution in [1.82, 2.24) is 4.98 Å². The molecule has 2 heterocycles. The van der Waals surface area contributed by atoms with Crippen LogP contribution in [-0.4, -0.2) is 16.1 Å². The number of benzene rings is 1. The second-order valence-electron chi connectivity index (χ2n) is 4.07. The van der Waals surface area contributed by atoms with Crippen LogP contribution in [0.4, 0.5) is 6.01 Å². The lowest BCUT2D eigenvalue weighted by Crippen LogP contribution is -1.96. The summed E-state index contributed by atoms with van der Waals surface area (Å²) in [6, 6.07) is 8.98. The average molecular weight is 353 g/mol. The van der Waals surface area contributed by atoms with Gasteiger partial charge < -0.3 is 14.8 Å². The Morgan fingerprint density at radius 2 is 2.25 bits per heavy atom. The van der Waals surface area contributed by atoms with Gasteiger partial charge in [-0.3, -0.25) is 0 Å². The molecule has 2 aromatic heterocycles. The summed E-state index contributed by atoms with van der Waals surface area (Å²) >= 11 is 5.03. The zero-order valence-electron chi connectivity index (χ0n) is 10.1. The first-order valence-corrected chi connectivity index (χ1v) is 7.35. The van der Waals surface area contributed by atoms with Crippen molar-refractivity contribution in [3.63, 3.8) is 0 Å². The molecule has 0 saturated heterocycles. The highest BCUT2D eigenvalue weighted by atomic mass is 79.9. The lowest BCUT2D eigenvalue weighted by molar-refractivity contribution is 0.0697. The van der Waals surface area contributed by atoms with Gasteiger partial charge in [0.15, 0.2) is 5.58 Å². The Morgan fingerprint density at radius 3 is 2.95 bits per heavy atom. The van der Waals surface area contributed by atoms with E-state index in [1.165, 1.54) is 12.1 Å². The zero-order valence-corrected chi connectivity index (χ0v) is 12.5. The number of hydrogen-bond acceptors (Lipinski definition) is 5. The molecule has 0 aliphatic carbocycles. The van der Waals surface area contributed by atoms with Gasteiger partial charge in [-0.15, -0.1) is 11.3 Å². The van der Waals surface area contributed by atoms with Gasteiger partial charge in [-0.2, -0.15) is 4.98 Å². The second kappa shape index (κ2) is 5.26. The summed E-state index contributed by atoms with van der Waals surface area (Å²) in [6.07, 6.45) is 0. The molecule has 0 amide bonds. The molecule has 0 unspecified atom stereocenters. The summed E-state index contributed by atoms with van der Waals surface area (Å²) in [5.41, 5.74) is 1.27. The molecule has 0 fully saturated rings. The summed E-state index contributed by atoms with van der Waals surface area (Å²) < 4.78 is 6.56. The van der Waals surface area contributed by atoms with Gasteiger partial charge in [-0.05, 0) is 46.3 Å². The van der Waals surface area contributed by atoms with Crippen LogP contribution in [0.15, 0.2) is 38.5 Å². The quantitative estimate of drug-likeness (QED) is 0.743. The Kier molecular flexibility index (Phi) is 3.45. The van der Waals surface area contributed by atoms with Crippen molar-refractivity contribution in [3.8, 4) is 0 Å². The fraction of sp³-hybridized carbons (Fsp3) is 0.0769. The van der Waals surface area contributed by atoms with Crippen LogP contribution in [0.1, 0.15) is 15.2 Å². The number of carbonyl (C=O) groups is 1. The molecule has 7 heteroatoms. The fourth-order valence-corrected chi connectivity index (χ4v) is 3.17. The SMILES string of the molecule is O=C(O)c1ccc2nc(NCc3ccc(Br)s3)oc2c1. The standard InChI is InChI=1S/C13H9BrN2O3S/c14-11-4-2-8(20-11)6-15-13-16-9-3-1-7(12(17)18)5-10(9)19-13/h1-5H,6H2,(H,15,16)(H,17,18). The number of carboxylic acids is 1. The number of halogens is 1. The maximum Gasteiger partial charge on any atom is 0.335 e.